The zero-order chi connectivity index (χ0) is 25.8. The molecule has 4 heterocycles. The van der Waals surface area contributed by atoms with E-state index in [1.807, 2.05) is 36.4 Å². The van der Waals surface area contributed by atoms with Crippen LogP contribution in [0.2, 0.25) is 0 Å². The number of rotatable bonds is 5. The molecule has 5 aromatic rings. The summed E-state index contributed by atoms with van der Waals surface area (Å²) in [7, 11) is 0. The molecule has 0 radical (unpaired) electrons. The Morgan fingerprint density at radius 3 is 2.34 bits per heavy atom. The summed E-state index contributed by atoms with van der Waals surface area (Å²) in [5, 5.41) is 3.93. The number of nitrogens with zero attached hydrogens (tertiary/aromatic N) is 3. The molecule has 3 atom stereocenters. The van der Waals surface area contributed by atoms with E-state index in [0.29, 0.717) is 30.5 Å². The van der Waals surface area contributed by atoms with Crippen LogP contribution in [0.3, 0.4) is 0 Å². The molecule has 0 saturated carbocycles. The number of H-pyrrole nitrogens is 1. The maximum absolute atomic E-state index is 15.5. The normalized spacial score (nSPS) is 20.8. The first kappa shape index (κ1) is 23.0. The molecule has 2 aliphatic heterocycles. The van der Waals surface area contributed by atoms with Crippen molar-refractivity contribution in [2.45, 2.75) is 31.7 Å². The minimum Gasteiger partial charge on any atom is -0.456 e. The highest BCUT2D eigenvalue weighted by atomic mass is 19.1. The predicted octanol–water partition coefficient (Wildman–Crippen LogP) is 5.47. The lowest BCUT2D eigenvalue weighted by Gasteiger charge is -2.15. The van der Waals surface area contributed by atoms with Crippen molar-refractivity contribution in [1.82, 2.24) is 20.1 Å². The van der Waals surface area contributed by atoms with Crippen LogP contribution in [0, 0.1) is 18.6 Å². The van der Waals surface area contributed by atoms with Gasteiger partial charge in [0.25, 0.3) is 6.01 Å². The molecule has 2 fully saturated rings. The van der Waals surface area contributed by atoms with Crippen molar-refractivity contribution in [1.29, 1.82) is 0 Å². The highest BCUT2D eigenvalue weighted by molar-refractivity contribution is 5.84. The van der Waals surface area contributed by atoms with Crippen molar-refractivity contribution in [3.05, 3.63) is 72.1 Å². The first-order chi connectivity index (χ1) is 18.5. The Morgan fingerprint density at radius 2 is 1.63 bits per heavy atom. The molecule has 0 amide bonds. The number of aromatic amines is 1. The van der Waals surface area contributed by atoms with Crippen molar-refractivity contribution in [2.75, 3.05) is 13.2 Å². The van der Waals surface area contributed by atoms with E-state index in [9.17, 15) is 0 Å². The van der Waals surface area contributed by atoms with Crippen LogP contribution in [0.5, 0.6) is 6.01 Å². The molecule has 2 aliphatic rings. The van der Waals surface area contributed by atoms with E-state index >= 15 is 8.78 Å². The summed E-state index contributed by atoms with van der Waals surface area (Å²) >= 11 is 0. The fourth-order valence-electron chi connectivity index (χ4n) is 5.11. The highest BCUT2D eigenvalue weighted by Gasteiger charge is 2.43. The van der Waals surface area contributed by atoms with E-state index in [4.69, 9.17) is 18.7 Å². The minimum atomic E-state index is -0.753. The van der Waals surface area contributed by atoms with Gasteiger partial charge in [0.15, 0.2) is 11.9 Å². The minimum absolute atomic E-state index is 0.000740. The Hall–Kier alpha value is -4.15. The second-order valence-electron chi connectivity index (χ2n) is 9.43. The summed E-state index contributed by atoms with van der Waals surface area (Å²) in [6.07, 6.45) is 0.283. The summed E-state index contributed by atoms with van der Waals surface area (Å²) in [6.45, 7) is 2.71. The average molecular weight is 517 g/mol. The van der Waals surface area contributed by atoms with Gasteiger partial charge in [0.05, 0.1) is 23.8 Å². The van der Waals surface area contributed by atoms with Crippen molar-refractivity contribution in [3.8, 4) is 39.7 Å². The highest BCUT2D eigenvalue weighted by Crippen LogP contribution is 2.35. The monoisotopic (exact) mass is 516 g/mol. The zero-order valence-electron chi connectivity index (χ0n) is 20.3. The molecular formula is C28H22F2N4O4. The van der Waals surface area contributed by atoms with Gasteiger partial charge in [0.1, 0.15) is 17.4 Å². The number of hydrogen-bond donors (Lipinski definition) is 1. The maximum atomic E-state index is 15.5. The largest absolute Gasteiger partial charge is 0.456 e. The molecule has 1 N–H and O–H groups in total. The zero-order valence-corrected chi connectivity index (χ0v) is 20.3. The molecule has 7 rings (SSSR count). The lowest BCUT2D eigenvalue weighted by molar-refractivity contribution is 0.0273. The topological polar surface area (TPSA) is 95.3 Å². The number of aryl methyl sites for hydroxylation is 1. The van der Waals surface area contributed by atoms with Crippen LogP contribution < -0.4 is 4.74 Å². The smallest absolute Gasteiger partial charge is 0.295 e. The van der Waals surface area contributed by atoms with Gasteiger partial charge in [-0.25, -0.2) is 8.78 Å². The summed E-state index contributed by atoms with van der Waals surface area (Å²) in [5.74, 6) is -0.432. The average Bonchev–Trinajstić information content (AvgIpc) is 3.71. The van der Waals surface area contributed by atoms with Gasteiger partial charge in [-0.2, -0.15) is 9.97 Å². The van der Waals surface area contributed by atoms with Gasteiger partial charge in [-0.1, -0.05) is 53.7 Å². The molecule has 192 valence electrons. The standard InChI is InChI=1S/C28H22F2N4O4/c1-14-31-27(34-38-14)18-8-4-16(5-9-18)15-2-6-17(7-3-15)23-19(29)12-20-25(24(23)30)33-28(32-20)37-22-13-36-21-10-11-35-26(21)22/h2-9,12,21-22,26H,10-11,13H2,1H3,(H,32,33). The molecular weight excluding hydrogens is 494 g/mol. The van der Waals surface area contributed by atoms with E-state index in [1.165, 1.54) is 6.07 Å². The molecule has 8 nitrogen and oxygen atoms in total. The fraction of sp³-hybridized carbons (Fsp3) is 0.250. The first-order valence-corrected chi connectivity index (χ1v) is 12.3. The van der Waals surface area contributed by atoms with E-state index in [2.05, 4.69) is 20.1 Å². The summed E-state index contributed by atoms with van der Waals surface area (Å²) in [4.78, 5) is 11.4. The molecule has 2 saturated heterocycles. The Morgan fingerprint density at radius 1 is 0.921 bits per heavy atom. The molecule has 0 spiro atoms. The van der Waals surface area contributed by atoms with Crippen LogP contribution in [0.4, 0.5) is 8.78 Å². The summed E-state index contributed by atoms with van der Waals surface area (Å²) in [6, 6.07) is 16.0. The third-order valence-electron chi connectivity index (χ3n) is 7.01. The van der Waals surface area contributed by atoms with Gasteiger partial charge in [-0.05, 0) is 23.1 Å². The number of fused-ring (bicyclic) bond motifs is 2. The van der Waals surface area contributed by atoms with Crippen molar-refractivity contribution < 1.29 is 27.5 Å². The number of benzene rings is 3. The maximum Gasteiger partial charge on any atom is 0.295 e. The second-order valence-corrected chi connectivity index (χ2v) is 9.43. The quantitative estimate of drug-likeness (QED) is 0.331. The van der Waals surface area contributed by atoms with E-state index in [1.54, 1.807) is 19.1 Å². The molecule has 2 aromatic heterocycles. The first-order valence-electron chi connectivity index (χ1n) is 12.3. The van der Waals surface area contributed by atoms with Crippen LogP contribution in [-0.4, -0.2) is 51.6 Å². The molecule has 0 aliphatic carbocycles. The van der Waals surface area contributed by atoms with Crippen LogP contribution in [0.1, 0.15) is 12.3 Å². The van der Waals surface area contributed by atoms with Crippen LogP contribution >= 0.6 is 0 Å². The van der Waals surface area contributed by atoms with Crippen LogP contribution in [-0.2, 0) is 9.47 Å². The Balaban J connectivity index is 1.14. The Labute approximate surface area is 215 Å². The Bertz CT molecular complexity index is 1630. The lowest BCUT2D eigenvalue weighted by atomic mass is 9.98. The molecule has 3 aromatic carbocycles. The predicted molar refractivity (Wildman–Crippen MR) is 133 cm³/mol. The number of nitrogens with one attached hydrogen (secondary N) is 1. The number of ether oxygens (including phenoxy) is 3. The molecule has 38 heavy (non-hydrogen) atoms. The van der Waals surface area contributed by atoms with E-state index in [0.717, 1.165) is 23.1 Å². The summed E-state index contributed by atoms with van der Waals surface area (Å²) in [5.41, 5.74) is 3.15. The molecule has 10 heteroatoms. The number of imidazole rings is 1. The van der Waals surface area contributed by atoms with Crippen LogP contribution in [0.25, 0.3) is 44.7 Å². The number of hydrogen-bond acceptors (Lipinski definition) is 7. The van der Waals surface area contributed by atoms with Crippen molar-refractivity contribution >= 4 is 11.0 Å². The van der Waals surface area contributed by atoms with Gasteiger partial charge in [0.2, 0.25) is 11.7 Å². The van der Waals surface area contributed by atoms with Gasteiger partial charge in [-0.15, -0.1) is 0 Å². The molecule has 3 unspecified atom stereocenters. The van der Waals surface area contributed by atoms with Gasteiger partial charge in [0, 0.05) is 25.2 Å². The third-order valence-corrected chi connectivity index (χ3v) is 7.01. The number of halogens is 2. The second kappa shape index (κ2) is 9.00. The van der Waals surface area contributed by atoms with E-state index in [-0.39, 0.29) is 40.9 Å². The van der Waals surface area contributed by atoms with Gasteiger partial charge in [-0.3, -0.25) is 0 Å². The number of aromatic nitrogens is 4. The molecule has 0 bridgehead atoms. The van der Waals surface area contributed by atoms with Crippen LogP contribution in [0.15, 0.2) is 59.1 Å². The van der Waals surface area contributed by atoms with Gasteiger partial charge < -0.3 is 23.7 Å². The van der Waals surface area contributed by atoms with E-state index < -0.39 is 11.6 Å². The lowest BCUT2D eigenvalue weighted by Crippen LogP contribution is -2.32. The SMILES string of the molecule is Cc1nc(-c2ccc(-c3ccc(-c4c(F)cc5[nH]c(OC6COC7CCOC76)nc5c4F)cc3)cc2)no1. The van der Waals surface area contributed by atoms with Gasteiger partial charge >= 0.3 is 0 Å². The third kappa shape index (κ3) is 3.93. The Kier molecular flexibility index (Phi) is 5.45. The summed E-state index contributed by atoms with van der Waals surface area (Å²) < 4.78 is 53.0. The fourth-order valence-corrected chi connectivity index (χ4v) is 5.11. The van der Waals surface area contributed by atoms with Crippen molar-refractivity contribution in [2.24, 2.45) is 0 Å². The van der Waals surface area contributed by atoms with Crippen molar-refractivity contribution in [3.63, 3.8) is 0 Å².